The number of carbonyl (C=O) groups excluding carboxylic acids is 1. The SMILES string of the molecule is O=C(Nc1cccc(-c2noc(-c3cccc(F)c3)n2)c1)c1ccc([N+](=O)[O-])cc1. The van der Waals surface area contributed by atoms with E-state index < -0.39 is 16.6 Å². The van der Waals surface area contributed by atoms with Gasteiger partial charge in [0.1, 0.15) is 5.82 Å². The highest BCUT2D eigenvalue weighted by atomic mass is 19.1. The maximum atomic E-state index is 13.4. The summed E-state index contributed by atoms with van der Waals surface area (Å²) in [5.74, 6) is -0.385. The van der Waals surface area contributed by atoms with Gasteiger partial charge in [-0.15, -0.1) is 0 Å². The molecule has 1 N–H and O–H groups in total. The van der Waals surface area contributed by atoms with E-state index in [2.05, 4.69) is 15.5 Å². The second-order valence-corrected chi connectivity index (χ2v) is 6.27. The molecule has 0 atom stereocenters. The Morgan fingerprint density at radius 1 is 1.00 bits per heavy atom. The van der Waals surface area contributed by atoms with Crippen LogP contribution in [0.5, 0.6) is 0 Å². The van der Waals surface area contributed by atoms with Gasteiger partial charge in [-0.3, -0.25) is 14.9 Å². The van der Waals surface area contributed by atoms with Crippen LogP contribution in [0.3, 0.4) is 0 Å². The van der Waals surface area contributed by atoms with E-state index in [-0.39, 0.29) is 23.0 Å². The van der Waals surface area contributed by atoms with Crippen LogP contribution >= 0.6 is 0 Å². The monoisotopic (exact) mass is 404 g/mol. The van der Waals surface area contributed by atoms with Gasteiger partial charge in [0.2, 0.25) is 5.82 Å². The van der Waals surface area contributed by atoms with Gasteiger partial charge in [0.05, 0.1) is 4.92 Å². The number of nitro benzene ring substituents is 1. The van der Waals surface area contributed by atoms with E-state index in [1.54, 1.807) is 36.4 Å². The van der Waals surface area contributed by atoms with Crippen molar-refractivity contribution in [1.29, 1.82) is 0 Å². The third kappa shape index (κ3) is 4.04. The van der Waals surface area contributed by atoms with E-state index in [0.717, 1.165) is 0 Å². The highest BCUT2D eigenvalue weighted by molar-refractivity contribution is 6.04. The summed E-state index contributed by atoms with van der Waals surface area (Å²) in [7, 11) is 0. The summed E-state index contributed by atoms with van der Waals surface area (Å²) >= 11 is 0. The van der Waals surface area contributed by atoms with Crippen LogP contribution in [0, 0.1) is 15.9 Å². The largest absolute Gasteiger partial charge is 0.334 e. The molecule has 0 fully saturated rings. The molecule has 0 saturated heterocycles. The van der Waals surface area contributed by atoms with Crippen molar-refractivity contribution < 1.29 is 18.6 Å². The first-order valence-electron chi connectivity index (χ1n) is 8.75. The van der Waals surface area contributed by atoms with E-state index in [1.807, 2.05) is 0 Å². The number of aromatic nitrogens is 2. The van der Waals surface area contributed by atoms with Crippen molar-refractivity contribution in [2.75, 3.05) is 5.32 Å². The Kier molecular flexibility index (Phi) is 5.00. The predicted molar refractivity (Wildman–Crippen MR) is 106 cm³/mol. The van der Waals surface area contributed by atoms with Crippen LogP contribution in [0.1, 0.15) is 10.4 Å². The lowest BCUT2D eigenvalue weighted by atomic mass is 10.1. The fraction of sp³-hybridized carbons (Fsp3) is 0. The van der Waals surface area contributed by atoms with Crippen LogP contribution in [-0.2, 0) is 0 Å². The van der Waals surface area contributed by atoms with E-state index in [0.29, 0.717) is 16.8 Å². The lowest BCUT2D eigenvalue weighted by molar-refractivity contribution is -0.384. The van der Waals surface area contributed by atoms with Crippen LogP contribution in [0.4, 0.5) is 15.8 Å². The molecule has 4 rings (SSSR count). The van der Waals surface area contributed by atoms with Gasteiger partial charge in [-0.1, -0.05) is 23.4 Å². The smallest absolute Gasteiger partial charge is 0.269 e. The van der Waals surface area contributed by atoms with Crippen molar-refractivity contribution in [2.24, 2.45) is 0 Å². The number of rotatable bonds is 5. The average molecular weight is 404 g/mol. The standard InChI is InChI=1S/C21H13FN4O4/c22-16-5-1-4-15(11-16)21-24-19(25-30-21)14-3-2-6-17(12-14)23-20(27)13-7-9-18(10-8-13)26(28)29/h1-12H,(H,23,27). The van der Waals surface area contributed by atoms with E-state index >= 15 is 0 Å². The Bertz CT molecular complexity index is 1240. The van der Waals surface area contributed by atoms with Gasteiger partial charge in [-0.2, -0.15) is 4.98 Å². The van der Waals surface area contributed by atoms with Crippen LogP contribution in [0.15, 0.2) is 77.3 Å². The second kappa shape index (κ2) is 7.92. The Labute approximate surface area is 169 Å². The number of amides is 1. The molecule has 9 heteroatoms. The van der Waals surface area contributed by atoms with Crippen molar-refractivity contribution in [3.63, 3.8) is 0 Å². The number of benzene rings is 3. The molecule has 0 bridgehead atoms. The number of hydrogen-bond acceptors (Lipinski definition) is 6. The predicted octanol–water partition coefficient (Wildman–Crippen LogP) is 4.70. The molecule has 1 heterocycles. The van der Waals surface area contributed by atoms with Gasteiger partial charge < -0.3 is 9.84 Å². The summed E-state index contributed by atoms with van der Waals surface area (Å²) in [4.78, 5) is 26.9. The average Bonchev–Trinajstić information content (AvgIpc) is 3.24. The Morgan fingerprint density at radius 2 is 1.73 bits per heavy atom. The minimum absolute atomic E-state index is 0.0974. The summed E-state index contributed by atoms with van der Waals surface area (Å²) in [6, 6.07) is 17.9. The van der Waals surface area contributed by atoms with Crippen molar-refractivity contribution in [3.05, 3.63) is 94.3 Å². The molecule has 0 radical (unpaired) electrons. The van der Waals surface area contributed by atoms with E-state index in [1.165, 1.54) is 36.4 Å². The van der Waals surface area contributed by atoms with E-state index in [9.17, 15) is 19.3 Å². The molecule has 0 aliphatic heterocycles. The summed E-state index contributed by atoms with van der Waals surface area (Å²) in [6.07, 6.45) is 0. The summed E-state index contributed by atoms with van der Waals surface area (Å²) < 4.78 is 18.6. The molecule has 4 aromatic rings. The molecule has 0 aliphatic carbocycles. The van der Waals surface area contributed by atoms with Crippen LogP contribution in [0.2, 0.25) is 0 Å². The first-order chi connectivity index (χ1) is 14.5. The van der Waals surface area contributed by atoms with Crippen molar-refractivity contribution >= 4 is 17.3 Å². The Morgan fingerprint density at radius 3 is 2.47 bits per heavy atom. The highest BCUT2D eigenvalue weighted by Crippen LogP contribution is 2.25. The van der Waals surface area contributed by atoms with Crippen LogP contribution < -0.4 is 5.32 Å². The molecule has 1 aromatic heterocycles. The number of hydrogen-bond donors (Lipinski definition) is 1. The minimum atomic E-state index is -0.534. The lowest BCUT2D eigenvalue weighted by Crippen LogP contribution is -2.11. The summed E-state index contributed by atoms with van der Waals surface area (Å²) in [5.41, 5.74) is 1.70. The zero-order valence-electron chi connectivity index (χ0n) is 15.3. The molecule has 0 aliphatic rings. The topological polar surface area (TPSA) is 111 Å². The number of nitrogens with one attached hydrogen (secondary N) is 1. The van der Waals surface area contributed by atoms with Crippen LogP contribution in [-0.4, -0.2) is 21.0 Å². The fourth-order valence-electron chi connectivity index (χ4n) is 2.75. The van der Waals surface area contributed by atoms with Gasteiger partial charge in [-0.25, -0.2) is 4.39 Å². The molecule has 30 heavy (non-hydrogen) atoms. The number of halogens is 1. The summed E-state index contributed by atoms with van der Waals surface area (Å²) in [5, 5.41) is 17.4. The zero-order valence-corrected chi connectivity index (χ0v) is 15.3. The molecular formula is C21H13FN4O4. The maximum Gasteiger partial charge on any atom is 0.269 e. The molecule has 0 unspecified atom stereocenters. The first-order valence-corrected chi connectivity index (χ1v) is 8.75. The zero-order chi connectivity index (χ0) is 21.1. The number of nitro groups is 1. The number of nitrogens with zero attached hydrogens (tertiary/aromatic N) is 3. The van der Waals surface area contributed by atoms with Gasteiger partial charge in [0.25, 0.3) is 17.5 Å². The normalized spacial score (nSPS) is 10.6. The number of carbonyl (C=O) groups is 1. The van der Waals surface area contributed by atoms with Crippen LogP contribution in [0.25, 0.3) is 22.8 Å². The van der Waals surface area contributed by atoms with Crippen molar-refractivity contribution in [2.45, 2.75) is 0 Å². The molecule has 8 nitrogen and oxygen atoms in total. The van der Waals surface area contributed by atoms with E-state index in [4.69, 9.17) is 4.52 Å². The Hall–Kier alpha value is -4.40. The third-order valence-electron chi connectivity index (χ3n) is 4.22. The van der Waals surface area contributed by atoms with Gasteiger partial charge in [0, 0.05) is 34.5 Å². The quantitative estimate of drug-likeness (QED) is 0.381. The first kappa shape index (κ1) is 18.9. The highest BCUT2D eigenvalue weighted by Gasteiger charge is 2.13. The lowest BCUT2D eigenvalue weighted by Gasteiger charge is -2.06. The fourth-order valence-corrected chi connectivity index (χ4v) is 2.75. The van der Waals surface area contributed by atoms with Gasteiger partial charge >= 0.3 is 0 Å². The molecule has 3 aromatic carbocycles. The van der Waals surface area contributed by atoms with Crippen molar-refractivity contribution in [3.8, 4) is 22.8 Å². The maximum absolute atomic E-state index is 13.4. The Balaban J connectivity index is 1.53. The molecule has 0 spiro atoms. The molecule has 0 saturated carbocycles. The summed E-state index contributed by atoms with van der Waals surface area (Å²) in [6.45, 7) is 0. The number of anilines is 1. The molecule has 1 amide bonds. The molecule has 148 valence electrons. The van der Waals surface area contributed by atoms with Crippen molar-refractivity contribution in [1.82, 2.24) is 10.1 Å². The minimum Gasteiger partial charge on any atom is -0.334 e. The number of non-ortho nitro benzene ring substituents is 1. The van der Waals surface area contributed by atoms with Gasteiger partial charge in [-0.05, 0) is 42.5 Å². The second-order valence-electron chi connectivity index (χ2n) is 6.27. The molecular weight excluding hydrogens is 391 g/mol. The third-order valence-corrected chi connectivity index (χ3v) is 4.22. The van der Waals surface area contributed by atoms with Gasteiger partial charge in [0.15, 0.2) is 0 Å².